The minimum Gasteiger partial charge on any atom is -0.481 e. The molecule has 1 saturated heterocycles. The number of aliphatic carboxylic acids is 4. The molecule has 0 bridgehead atoms. The van der Waals surface area contributed by atoms with Crippen LogP contribution in [-0.4, -0.2) is 63.1 Å². The Morgan fingerprint density at radius 3 is 1.59 bits per heavy atom. The molecule has 0 saturated carbocycles. The van der Waals surface area contributed by atoms with Crippen molar-refractivity contribution in [2.75, 3.05) is 6.61 Å². The highest BCUT2D eigenvalue weighted by Crippen LogP contribution is 2.57. The molecule has 0 aromatic heterocycles. The van der Waals surface area contributed by atoms with Crippen molar-refractivity contribution in [3.8, 4) is 11.1 Å². The lowest BCUT2D eigenvalue weighted by molar-refractivity contribution is -0.185. The van der Waals surface area contributed by atoms with Crippen LogP contribution in [-0.2, 0) is 37.5 Å². The van der Waals surface area contributed by atoms with Gasteiger partial charge in [-0.1, -0.05) is 66.7 Å². The van der Waals surface area contributed by atoms with Gasteiger partial charge in [0.05, 0.1) is 43.4 Å². The fourth-order valence-corrected chi connectivity index (χ4v) is 8.33. The van der Waals surface area contributed by atoms with Crippen molar-refractivity contribution in [3.05, 3.63) is 90.0 Å². The molecule has 3 aromatic carbocycles. The summed E-state index contributed by atoms with van der Waals surface area (Å²) < 4.78 is 33.3. The van der Waals surface area contributed by atoms with Gasteiger partial charge in [0.15, 0.2) is 0 Å². The second kappa shape index (κ2) is 14.0. The summed E-state index contributed by atoms with van der Waals surface area (Å²) in [4.78, 5) is 47.4. The number of carboxylic acids is 4. The molecule has 0 radical (unpaired) electrons. The van der Waals surface area contributed by atoms with Crippen LogP contribution in [0.25, 0.3) is 11.1 Å². The Hall–Kier alpha value is -4.35. The van der Waals surface area contributed by atoms with Crippen LogP contribution in [0.3, 0.4) is 0 Å². The van der Waals surface area contributed by atoms with Gasteiger partial charge >= 0.3 is 31.5 Å². The first kappa shape index (κ1) is 33.0. The van der Waals surface area contributed by atoms with Crippen LogP contribution in [0.5, 0.6) is 0 Å². The third-order valence-electron chi connectivity index (χ3n) is 8.51. The van der Waals surface area contributed by atoms with E-state index in [4.69, 9.17) is 13.8 Å². The molecule has 12 nitrogen and oxygen atoms in total. The van der Waals surface area contributed by atoms with E-state index >= 15 is 0 Å². The van der Waals surface area contributed by atoms with Crippen molar-refractivity contribution in [1.29, 1.82) is 0 Å². The van der Waals surface area contributed by atoms with Crippen LogP contribution in [0.15, 0.2) is 78.9 Å². The zero-order valence-corrected chi connectivity index (χ0v) is 25.4. The summed E-state index contributed by atoms with van der Waals surface area (Å²) >= 11 is 0. The highest BCUT2D eigenvalue weighted by atomic mass is 31.2. The number of rotatable bonds is 14. The van der Waals surface area contributed by atoms with E-state index in [0.717, 1.165) is 22.3 Å². The number of carbonyl (C=O) groups is 4. The number of hydrogen-bond acceptors (Lipinski definition) is 8. The average Bonchev–Trinajstić information content (AvgIpc) is 3.32. The zero-order valence-electron chi connectivity index (χ0n) is 24.5. The maximum absolute atomic E-state index is 14.8. The molecule has 0 spiro atoms. The van der Waals surface area contributed by atoms with Crippen LogP contribution < -0.4 is 5.30 Å². The lowest BCUT2D eigenvalue weighted by Gasteiger charge is -2.46. The van der Waals surface area contributed by atoms with E-state index in [2.05, 4.69) is 0 Å². The van der Waals surface area contributed by atoms with Crippen LogP contribution in [0.4, 0.5) is 0 Å². The molecule has 5 rings (SSSR count). The van der Waals surface area contributed by atoms with Crippen molar-refractivity contribution in [3.63, 3.8) is 0 Å². The summed E-state index contributed by atoms with van der Waals surface area (Å²) in [6.45, 7) is -0.549. The monoisotopic (exact) mass is 652 g/mol. The summed E-state index contributed by atoms with van der Waals surface area (Å²) in [5.41, 5.74) is 3.33. The first-order valence-corrected chi connectivity index (χ1v) is 16.2. The molecule has 3 aromatic rings. The average molecular weight is 653 g/mol. The fraction of sp³-hybridized carbons (Fsp3) is 0.333. The van der Waals surface area contributed by atoms with Crippen LogP contribution in [0, 0.1) is 17.8 Å². The Balaban J connectivity index is 1.51. The van der Waals surface area contributed by atoms with Crippen LogP contribution in [0.1, 0.15) is 42.9 Å². The van der Waals surface area contributed by atoms with Gasteiger partial charge < -0.3 is 29.7 Å². The normalized spacial score (nSPS) is 23.5. The maximum Gasteiger partial charge on any atom is 0.362 e. The Morgan fingerprint density at radius 2 is 1.07 bits per heavy atom. The van der Waals surface area contributed by atoms with E-state index < -0.39 is 99.8 Å². The predicted molar refractivity (Wildman–Crippen MR) is 163 cm³/mol. The quantitative estimate of drug-likeness (QED) is 0.174. The SMILES string of the molecule is O=C(O)CC1OC(CO[P@@](=O)(OC2c3ccccc3-c3ccccc32)c2ccccc2)C(CC(=O)O)C(CC(=O)O)C1CC(=O)O. The molecule has 46 heavy (non-hydrogen) atoms. The second-order valence-electron chi connectivity index (χ2n) is 11.4. The second-order valence-corrected chi connectivity index (χ2v) is 13.4. The lowest BCUT2D eigenvalue weighted by atomic mass is 9.69. The standard InChI is InChI=1S/C33H33O12P/c34-29(35)14-24-25(15-30(36)37)27(17-32(40)41)44-28(26(24)16-31(38)39)18-43-46(42,19-8-2-1-3-9-19)45-33-22-12-6-4-10-20(22)21-11-5-7-13-23(21)33/h1-13,24-28,33H,14-18H2,(H,34,35)(H,36,37)(H,38,39)(H,40,41)/t24?,25?,26?,27?,28?,46-/m1/s1. The van der Waals surface area contributed by atoms with Gasteiger partial charge in [-0.25, -0.2) is 0 Å². The molecule has 2 aliphatic rings. The molecule has 1 heterocycles. The van der Waals surface area contributed by atoms with Gasteiger partial charge in [-0.2, -0.15) is 0 Å². The van der Waals surface area contributed by atoms with Crippen molar-refractivity contribution < 1.29 is 58.0 Å². The van der Waals surface area contributed by atoms with Crippen molar-refractivity contribution in [2.24, 2.45) is 17.8 Å². The molecule has 1 fully saturated rings. The number of hydrogen-bond donors (Lipinski definition) is 4. The minimum absolute atomic E-state index is 0.204. The summed E-state index contributed by atoms with van der Waals surface area (Å²) in [6, 6.07) is 23.2. The van der Waals surface area contributed by atoms with E-state index in [1.807, 2.05) is 48.5 Å². The van der Waals surface area contributed by atoms with Gasteiger partial charge in [0.2, 0.25) is 0 Å². The first-order valence-electron chi connectivity index (χ1n) is 14.7. The van der Waals surface area contributed by atoms with Gasteiger partial charge in [0.1, 0.15) is 6.10 Å². The molecule has 0 amide bonds. The molecule has 13 heteroatoms. The third-order valence-corrected chi connectivity index (χ3v) is 10.4. The maximum atomic E-state index is 14.8. The van der Waals surface area contributed by atoms with Crippen molar-refractivity contribution in [2.45, 2.75) is 44.0 Å². The van der Waals surface area contributed by atoms with Crippen LogP contribution >= 0.6 is 7.60 Å². The largest absolute Gasteiger partial charge is 0.481 e. The number of ether oxygens (including phenoxy) is 1. The molecule has 242 valence electrons. The minimum atomic E-state index is -4.25. The number of benzene rings is 3. The summed E-state index contributed by atoms with van der Waals surface area (Å²) in [7, 11) is -4.25. The van der Waals surface area contributed by atoms with E-state index in [0.29, 0.717) is 0 Å². The molecule has 5 unspecified atom stereocenters. The summed E-state index contributed by atoms with van der Waals surface area (Å²) in [5.74, 6) is -8.58. The van der Waals surface area contributed by atoms with Gasteiger partial charge in [-0.15, -0.1) is 0 Å². The molecule has 1 aliphatic carbocycles. The van der Waals surface area contributed by atoms with Gasteiger partial charge in [0, 0.05) is 12.3 Å². The third kappa shape index (κ3) is 7.21. The molecule has 6 atom stereocenters. The molecule has 4 N–H and O–H groups in total. The smallest absolute Gasteiger partial charge is 0.362 e. The highest BCUT2D eigenvalue weighted by Gasteiger charge is 2.49. The predicted octanol–water partition coefficient (Wildman–Crippen LogP) is 4.82. The van der Waals surface area contributed by atoms with E-state index in [-0.39, 0.29) is 5.30 Å². The van der Waals surface area contributed by atoms with E-state index in [1.165, 1.54) is 0 Å². The van der Waals surface area contributed by atoms with Gasteiger partial charge in [-0.3, -0.25) is 28.3 Å². The first-order chi connectivity index (χ1) is 22.0. The van der Waals surface area contributed by atoms with Crippen molar-refractivity contribution >= 4 is 36.8 Å². The van der Waals surface area contributed by atoms with Gasteiger partial charge in [-0.05, 0) is 46.2 Å². The van der Waals surface area contributed by atoms with Gasteiger partial charge in [0.25, 0.3) is 0 Å². The zero-order chi connectivity index (χ0) is 33.0. The number of fused-ring (bicyclic) bond motifs is 3. The summed E-state index contributed by atoms with van der Waals surface area (Å²) in [6.07, 6.45) is -5.87. The Kier molecular flexibility index (Phi) is 10.0. The Labute approximate surface area is 264 Å². The Bertz CT molecular complexity index is 1610. The topological polar surface area (TPSA) is 194 Å². The summed E-state index contributed by atoms with van der Waals surface area (Å²) in [5, 5.41) is 38.8. The van der Waals surface area contributed by atoms with E-state index in [9.17, 15) is 44.2 Å². The lowest BCUT2D eigenvalue weighted by Crippen LogP contribution is -2.51. The highest BCUT2D eigenvalue weighted by molar-refractivity contribution is 7.62. The van der Waals surface area contributed by atoms with Crippen molar-refractivity contribution in [1.82, 2.24) is 0 Å². The fourth-order valence-electron chi connectivity index (χ4n) is 6.61. The number of carboxylic acid groups (broad SMARTS) is 4. The molecular weight excluding hydrogens is 619 g/mol. The Morgan fingerprint density at radius 1 is 0.609 bits per heavy atom. The molecular formula is C33H33O12P. The van der Waals surface area contributed by atoms with E-state index in [1.54, 1.807) is 30.3 Å². The molecule has 1 aliphatic heterocycles. The van der Waals surface area contributed by atoms with Crippen LogP contribution in [0.2, 0.25) is 0 Å².